The lowest BCUT2D eigenvalue weighted by Crippen LogP contribution is -2.44. The van der Waals surface area contributed by atoms with Crippen LogP contribution in [0.2, 0.25) is 0 Å². The van der Waals surface area contributed by atoms with Crippen LogP contribution in [0.15, 0.2) is 53.4 Å². The number of benzene rings is 2. The summed E-state index contributed by atoms with van der Waals surface area (Å²) in [6, 6.07) is 12.9. The number of sulfonamides is 1. The maximum absolute atomic E-state index is 12.6. The van der Waals surface area contributed by atoms with Crippen LogP contribution in [0.3, 0.4) is 0 Å². The smallest absolute Gasteiger partial charge is 0.241 e. The maximum atomic E-state index is 12.6. The highest BCUT2D eigenvalue weighted by atomic mass is 32.2. The van der Waals surface area contributed by atoms with E-state index in [-0.39, 0.29) is 10.8 Å². The van der Waals surface area contributed by atoms with Crippen molar-refractivity contribution >= 4 is 27.5 Å². The number of amides is 2. The Morgan fingerprint density at radius 3 is 2.15 bits per heavy atom. The quantitative estimate of drug-likeness (QED) is 0.520. The Balaban J connectivity index is 1.49. The van der Waals surface area contributed by atoms with Gasteiger partial charge in [-0.05, 0) is 68.2 Å². The number of rotatable bonds is 9. The number of anilines is 1. The van der Waals surface area contributed by atoms with Gasteiger partial charge in [0, 0.05) is 25.7 Å². The second-order valence-corrected chi connectivity index (χ2v) is 10.1. The Morgan fingerprint density at radius 1 is 0.939 bits per heavy atom. The highest BCUT2D eigenvalue weighted by Gasteiger charge is 2.22. The SMILES string of the molecule is CC(=O)Nc1ccc(S(=O)(=O)N[C@@H](C)C(=O)NCc2ccc(CN3CCCCC3)cc2)cc1. The van der Waals surface area contributed by atoms with Gasteiger partial charge in [-0.15, -0.1) is 0 Å². The molecule has 1 heterocycles. The fourth-order valence-corrected chi connectivity index (χ4v) is 4.96. The molecule has 2 amide bonds. The van der Waals surface area contributed by atoms with Gasteiger partial charge in [-0.1, -0.05) is 30.7 Å². The van der Waals surface area contributed by atoms with Crippen molar-refractivity contribution in [3.63, 3.8) is 0 Å². The molecule has 0 aliphatic carbocycles. The van der Waals surface area contributed by atoms with Crippen LogP contribution in [-0.4, -0.2) is 44.3 Å². The van der Waals surface area contributed by atoms with E-state index < -0.39 is 22.0 Å². The van der Waals surface area contributed by atoms with Gasteiger partial charge in [0.1, 0.15) is 0 Å². The Kier molecular flexibility index (Phi) is 8.60. The normalized spacial score (nSPS) is 15.6. The lowest BCUT2D eigenvalue weighted by Gasteiger charge is -2.26. The zero-order chi connectivity index (χ0) is 23.8. The largest absolute Gasteiger partial charge is 0.351 e. The van der Waals surface area contributed by atoms with Crippen molar-refractivity contribution in [1.82, 2.24) is 14.9 Å². The molecule has 1 atom stereocenters. The number of carbonyl (C=O) groups is 2. The average molecular weight is 473 g/mol. The molecule has 178 valence electrons. The molecule has 3 N–H and O–H groups in total. The van der Waals surface area contributed by atoms with Gasteiger partial charge in [0.2, 0.25) is 21.8 Å². The molecule has 0 aromatic heterocycles. The summed E-state index contributed by atoms with van der Waals surface area (Å²) in [5.74, 6) is -0.656. The van der Waals surface area contributed by atoms with Crippen LogP contribution >= 0.6 is 0 Å². The van der Waals surface area contributed by atoms with E-state index in [1.807, 2.05) is 12.1 Å². The van der Waals surface area contributed by atoms with E-state index in [1.165, 1.54) is 62.9 Å². The van der Waals surface area contributed by atoms with Crippen molar-refractivity contribution in [2.45, 2.75) is 57.1 Å². The molecule has 1 aliphatic heterocycles. The third-order valence-electron chi connectivity index (χ3n) is 5.55. The molecule has 8 nitrogen and oxygen atoms in total. The third-order valence-corrected chi connectivity index (χ3v) is 7.11. The molecule has 1 saturated heterocycles. The van der Waals surface area contributed by atoms with Crippen LogP contribution in [0.4, 0.5) is 5.69 Å². The van der Waals surface area contributed by atoms with Crippen molar-refractivity contribution in [3.8, 4) is 0 Å². The predicted octanol–water partition coefficient (Wildman–Crippen LogP) is 2.61. The van der Waals surface area contributed by atoms with Crippen LogP contribution in [0.5, 0.6) is 0 Å². The third kappa shape index (κ3) is 7.66. The van der Waals surface area contributed by atoms with E-state index in [0.29, 0.717) is 12.2 Å². The minimum Gasteiger partial charge on any atom is -0.351 e. The topological polar surface area (TPSA) is 108 Å². The molecule has 3 rings (SSSR count). The summed E-state index contributed by atoms with van der Waals surface area (Å²) in [5, 5.41) is 5.36. The summed E-state index contributed by atoms with van der Waals surface area (Å²) in [5.41, 5.74) is 2.70. The van der Waals surface area contributed by atoms with E-state index in [2.05, 4.69) is 32.4 Å². The number of nitrogens with zero attached hydrogens (tertiary/aromatic N) is 1. The van der Waals surface area contributed by atoms with E-state index >= 15 is 0 Å². The summed E-state index contributed by atoms with van der Waals surface area (Å²) in [7, 11) is -3.88. The van der Waals surface area contributed by atoms with Gasteiger partial charge in [-0.25, -0.2) is 8.42 Å². The molecule has 1 fully saturated rings. The number of piperidine rings is 1. The highest BCUT2D eigenvalue weighted by molar-refractivity contribution is 7.89. The van der Waals surface area contributed by atoms with Gasteiger partial charge in [0.25, 0.3) is 0 Å². The van der Waals surface area contributed by atoms with E-state index in [1.54, 1.807) is 0 Å². The van der Waals surface area contributed by atoms with Gasteiger partial charge >= 0.3 is 0 Å². The first-order valence-electron chi connectivity index (χ1n) is 11.2. The molecule has 9 heteroatoms. The Morgan fingerprint density at radius 2 is 1.55 bits per heavy atom. The fraction of sp³-hybridized carbons (Fsp3) is 0.417. The summed E-state index contributed by atoms with van der Waals surface area (Å²) in [6.07, 6.45) is 3.83. The summed E-state index contributed by atoms with van der Waals surface area (Å²) < 4.78 is 27.5. The van der Waals surface area contributed by atoms with E-state index in [4.69, 9.17) is 0 Å². The number of hydrogen-bond acceptors (Lipinski definition) is 5. The van der Waals surface area contributed by atoms with Crippen molar-refractivity contribution in [1.29, 1.82) is 0 Å². The molecule has 0 radical (unpaired) electrons. The average Bonchev–Trinajstić information content (AvgIpc) is 2.79. The summed E-state index contributed by atoms with van der Waals surface area (Å²) in [6.45, 7) is 6.42. The van der Waals surface area contributed by atoms with Crippen molar-refractivity contribution in [2.75, 3.05) is 18.4 Å². The highest BCUT2D eigenvalue weighted by Crippen LogP contribution is 2.15. The van der Waals surface area contributed by atoms with Gasteiger partial charge < -0.3 is 10.6 Å². The van der Waals surface area contributed by atoms with Crippen LogP contribution in [0.1, 0.15) is 44.2 Å². The molecule has 0 bridgehead atoms. The zero-order valence-electron chi connectivity index (χ0n) is 19.1. The zero-order valence-corrected chi connectivity index (χ0v) is 20.0. The predicted molar refractivity (Wildman–Crippen MR) is 128 cm³/mol. The van der Waals surface area contributed by atoms with E-state index in [9.17, 15) is 18.0 Å². The standard InChI is InChI=1S/C24H32N4O4S/c1-18(27-33(31,32)23-12-10-22(11-13-23)26-19(2)29)24(30)25-16-20-6-8-21(9-7-20)17-28-14-4-3-5-15-28/h6-13,18,27H,3-5,14-17H2,1-2H3,(H,25,30)(H,26,29)/t18-/m0/s1. The van der Waals surface area contributed by atoms with Crippen LogP contribution in [0.25, 0.3) is 0 Å². The molecule has 0 spiro atoms. The molecule has 2 aromatic carbocycles. The Labute approximate surface area is 195 Å². The molecule has 33 heavy (non-hydrogen) atoms. The van der Waals surface area contributed by atoms with Crippen molar-refractivity contribution < 1.29 is 18.0 Å². The van der Waals surface area contributed by atoms with Gasteiger partial charge in [0.15, 0.2) is 0 Å². The number of carbonyl (C=O) groups excluding carboxylic acids is 2. The first-order chi connectivity index (χ1) is 15.7. The van der Waals surface area contributed by atoms with Crippen LogP contribution in [0, 0.1) is 0 Å². The molecule has 0 saturated carbocycles. The van der Waals surface area contributed by atoms with Gasteiger partial charge in [0.05, 0.1) is 10.9 Å². The van der Waals surface area contributed by atoms with E-state index in [0.717, 1.165) is 25.2 Å². The van der Waals surface area contributed by atoms with Crippen molar-refractivity contribution in [2.24, 2.45) is 0 Å². The van der Waals surface area contributed by atoms with Crippen LogP contribution in [-0.2, 0) is 32.7 Å². The Hall–Kier alpha value is -2.75. The fourth-order valence-electron chi connectivity index (χ4n) is 3.76. The minimum absolute atomic E-state index is 0.0144. The number of nitrogens with one attached hydrogen (secondary N) is 3. The second-order valence-electron chi connectivity index (χ2n) is 8.42. The Bertz CT molecular complexity index is 1050. The number of hydrogen-bond donors (Lipinski definition) is 3. The minimum atomic E-state index is -3.88. The monoisotopic (exact) mass is 472 g/mol. The summed E-state index contributed by atoms with van der Waals surface area (Å²) >= 11 is 0. The van der Waals surface area contributed by atoms with Crippen molar-refractivity contribution in [3.05, 3.63) is 59.7 Å². The molecule has 2 aromatic rings. The lowest BCUT2D eigenvalue weighted by molar-refractivity contribution is -0.122. The van der Waals surface area contributed by atoms with Gasteiger partial charge in [-0.2, -0.15) is 4.72 Å². The molecular formula is C24H32N4O4S. The van der Waals surface area contributed by atoms with Crippen LogP contribution < -0.4 is 15.4 Å². The summed E-state index contributed by atoms with van der Waals surface area (Å²) in [4.78, 5) is 26.0. The molecular weight excluding hydrogens is 440 g/mol. The number of likely N-dealkylation sites (tertiary alicyclic amines) is 1. The lowest BCUT2D eigenvalue weighted by atomic mass is 10.1. The molecule has 0 unspecified atom stereocenters. The first-order valence-corrected chi connectivity index (χ1v) is 12.7. The second kappa shape index (κ2) is 11.4. The van der Waals surface area contributed by atoms with Gasteiger partial charge in [-0.3, -0.25) is 14.5 Å². The first kappa shape index (κ1) is 24.9. The molecule has 1 aliphatic rings. The maximum Gasteiger partial charge on any atom is 0.241 e.